The summed E-state index contributed by atoms with van der Waals surface area (Å²) in [7, 11) is 0. The molecule has 0 radical (unpaired) electrons. The molecule has 0 atom stereocenters. The molecule has 0 aliphatic rings. The van der Waals surface area contributed by atoms with E-state index in [1.54, 1.807) is 0 Å². The Balaban J connectivity index is 1.35. The largest absolute Gasteiger partial charge is 0.456 e. The topological polar surface area (TPSA) is 16.4 Å². The van der Waals surface area contributed by atoms with Gasteiger partial charge in [-0.15, -0.1) is 11.3 Å². The molecule has 0 amide bonds. The lowest BCUT2D eigenvalue weighted by molar-refractivity contribution is 0.669. The van der Waals surface area contributed by atoms with Crippen LogP contribution in [0, 0.1) is 0 Å². The number of benzene rings is 6. The van der Waals surface area contributed by atoms with Crippen LogP contribution in [0.2, 0.25) is 0 Å². The molecule has 3 heteroatoms. The molecule has 0 saturated carbocycles. The Kier molecular flexibility index (Phi) is 4.42. The summed E-state index contributed by atoms with van der Waals surface area (Å²) in [6.45, 7) is 0. The average molecular weight is 492 g/mol. The summed E-state index contributed by atoms with van der Waals surface area (Å²) in [6, 6.07) is 45.3. The third-order valence-electron chi connectivity index (χ3n) is 7.23. The Morgan fingerprint density at radius 2 is 1.16 bits per heavy atom. The summed E-state index contributed by atoms with van der Waals surface area (Å²) in [6.07, 6.45) is 0. The van der Waals surface area contributed by atoms with Crippen molar-refractivity contribution in [1.82, 2.24) is 0 Å². The summed E-state index contributed by atoms with van der Waals surface area (Å²) in [5.41, 5.74) is 5.11. The number of fused-ring (bicyclic) bond motifs is 8. The van der Waals surface area contributed by atoms with Crippen molar-refractivity contribution in [1.29, 1.82) is 0 Å². The summed E-state index contributed by atoms with van der Waals surface area (Å²) < 4.78 is 8.90. The number of hydrogen-bond acceptors (Lipinski definition) is 3. The van der Waals surface area contributed by atoms with Gasteiger partial charge >= 0.3 is 0 Å². The first-order chi connectivity index (χ1) is 18.3. The molecule has 8 rings (SSSR count). The third-order valence-corrected chi connectivity index (χ3v) is 8.37. The van der Waals surface area contributed by atoms with Gasteiger partial charge in [-0.25, -0.2) is 0 Å². The minimum absolute atomic E-state index is 0.895. The van der Waals surface area contributed by atoms with E-state index in [0.717, 1.165) is 39.0 Å². The molecule has 2 nitrogen and oxygen atoms in total. The van der Waals surface area contributed by atoms with Gasteiger partial charge < -0.3 is 9.32 Å². The van der Waals surface area contributed by atoms with E-state index in [0.29, 0.717) is 0 Å². The van der Waals surface area contributed by atoms with Crippen LogP contribution in [0.3, 0.4) is 0 Å². The summed E-state index contributed by atoms with van der Waals surface area (Å²) >= 11 is 1.86. The first-order valence-corrected chi connectivity index (χ1v) is 13.3. The van der Waals surface area contributed by atoms with Crippen LogP contribution in [0.4, 0.5) is 17.1 Å². The van der Waals surface area contributed by atoms with Crippen molar-refractivity contribution >= 4 is 81.3 Å². The number of para-hydroxylation sites is 2. The predicted molar refractivity (Wildman–Crippen MR) is 159 cm³/mol. The van der Waals surface area contributed by atoms with Crippen LogP contribution in [0.1, 0.15) is 0 Å². The minimum Gasteiger partial charge on any atom is -0.456 e. The molecule has 0 bridgehead atoms. The molecule has 0 aliphatic heterocycles. The number of rotatable bonds is 3. The monoisotopic (exact) mass is 491 g/mol. The molecule has 8 aromatic rings. The van der Waals surface area contributed by atoms with Gasteiger partial charge in [0.2, 0.25) is 0 Å². The fraction of sp³-hybridized carbons (Fsp3) is 0. The van der Waals surface area contributed by atoms with Crippen molar-refractivity contribution in [3.63, 3.8) is 0 Å². The first-order valence-electron chi connectivity index (χ1n) is 12.4. The smallest absolute Gasteiger partial charge is 0.137 e. The Morgan fingerprint density at radius 1 is 0.459 bits per heavy atom. The highest BCUT2D eigenvalue weighted by molar-refractivity contribution is 7.26. The van der Waals surface area contributed by atoms with E-state index in [1.807, 2.05) is 23.5 Å². The summed E-state index contributed by atoms with van der Waals surface area (Å²) in [5, 5.41) is 7.49. The van der Waals surface area contributed by atoms with Gasteiger partial charge in [0, 0.05) is 54.1 Å². The molecule has 0 N–H and O–H groups in total. The normalized spacial score (nSPS) is 11.8. The Hall–Kier alpha value is -4.60. The maximum absolute atomic E-state index is 6.24. The van der Waals surface area contributed by atoms with Crippen molar-refractivity contribution in [2.45, 2.75) is 0 Å². The van der Waals surface area contributed by atoms with Gasteiger partial charge in [-0.1, -0.05) is 66.7 Å². The van der Waals surface area contributed by atoms with Gasteiger partial charge in [0.05, 0.1) is 0 Å². The SMILES string of the molecule is c1ccc(N(c2ccc3c(ccc4sc5ccccc5c43)c2)c2ccc3c(c2)oc2ccccc23)cc1. The van der Waals surface area contributed by atoms with Gasteiger partial charge in [0.25, 0.3) is 0 Å². The summed E-state index contributed by atoms with van der Waals surface area (Å²) in [5.74, 6) is 0. The Morgan fingerprint density at radius 3 is 2.05 bits per heavy atom. The second-order valence-corrected chi connectivity index (χ2v) is 10.5. The molecule has 6 aromatic carbocycles. The van der Waals surface area contributed by atoms with Crippen molar-refractivity contribution in [2.24, 2.45) is 0 Å². The van der Waals surface area contributed by atoms with Crippen LogP contribution in [0.15, 0.2) is 132 Å². The number of anilines is 3. The van der Waals surface area contributed by atoms with Crippen LogP contribution in [-0.2, 0) is 0 Å². The second kappa shape index (κ2) is 7.95. The zero-order valence-corrected chi connectivity index (χ0v) is 20.7. The molecule has 174 valence electrons. The molecular formula is C34H21NOS. The first kappa shape index (κ1) is 20.6. The lowest BCUT2D eigenvalue weighted by Gasteiger charge is -2.25. The van der Waals surface area contributed by atoms with E-state index < -0.39 is 0 Å². The second-order valence-electron chi connectivity index (χ2n) is 9.39. The van der Waals surface area contributed by atoms with Gasteiger partial charge in [0.1, 0.15) is 11.2 Å². The highest BCUT2D eigenvalue weighted by atomic mass is 32.1. The van der Waals surface area contributed by atoms with Crippen LogP contribution in [0.5, 0.6) is 0 Å². The van der Waals surface area contributed by atoms with Gasteiger partial charge in [-0.05, 0) is 65.4 Å². The zero-order valence-electron chi connectivity index (χ0n) is 19.9. The maximum atomic E-state index is 6.24. The van der Waals surface area contributed by atoms with Crippen molar-refractivity contribution in [3.8, 4) is 0 Å². The molecule has 0 fully saturated rings. The molecule has 0 unspecified atom stereocenters. The molecule has 0 spiro atoms. The highest BCUT2D eigenvalue weighted by Crippen LogP contribution is 2.42. The Labute approximate surface area is 217 Å². The third kappa shape index (κ3) is 3.18. The molecule has 37 heavy (non-hydrogen) atoms. The van der Waals surface area contributed by atoms with Crippen LogP contribution < -0.4 is 4.90 Å². The maximum Gasteiger partial charge on any atom is 0.137 e. The zero-order chi connectivity index (χ0) is 24.3. The number of nitrogens with zero attached hydrogens (tertiary/aromatic N) is 1. The van der Waals surface area contributed by atoms with Gasteiger partial charge in [-0.3, -0.25) is 0 Å². The molecule has 2 aromatic heterocycles. The lowest BCUT2D eigenvalue weighted by Crippen LogP contribution is -2.09. The van der Waals surface area contributed by atoms with Crippen molar-refractivity contribution in [3.05, 3.63) is 127 Å². The fourth-order valence-corrected chi connectivity index (χ4v) is 6.68. The van der Waals surface area contributed by atoms with Gasteiger partial charge in [0.15, 0.2) is 0 Å². The predicted octanol–water partition coefficient (Wildman–Crippen LogP) is 10.6. The molecule has 0 aliphatic carbocycles. The van der Waals surface area contributed by atoms with Crippen molar-refractivity contribution in [2.75, 3.05) is 4.90 Å². The quantitative estimate of drug-likeness (QED) is 0.244. The van der Waals surface area contributed by atoms with Crippen LogP contribution >= 0.6 is 11.3 Å². The molecule has 0 saturated heterocycles. The van der Waals surface area contributed by atoms with Gasteiger partial charge in [-0.2, -0.15) is 0 Å². The number of thiophene rings is 1. The summed E-state index contributed by atoms with van der Waals surface area (Å²) in [4.78, 5) is 2.31. The van der Waals surface area contributed by atoms with Crippen LogP contribution in [0.25, 0.3) is 52.9 Å². The van der Waals surface area contributed by atoms with E-state index in [9.17, 15) is 0 Å². The number of furan rings is 1. The molecular weight excluding hydrogens is 470 g/mol. The number of hydrogen-bond donors (Lipinski definition) is 0. The minimum atomic E-state index is 0.895. The standard InChI is InChI=1S/C34H21NOS/c1-2-8-23(9-3-1)35(25-16-18-28-27-10-4-6-12-30(27)36-31(28)21-25)24-15-17-26-22(20-24)14-19-33-34(26)29-11-5-7-13-32(29)37-33/h1-21H. The molecule has 2 heterocycles. The highest BCUT2D eigenvalue weighted by Gasteiger charge is 2.16. The van der Waals surface area contributed by atoms with E-state index >= 15 is 0 Å². The van der Waals surface area contributed by atoms with Crippen molar-refractivity contribution < 1.29 is 4.42 Å². The average Bonchev–Trinajstić information content (AvgIpc) is 3.52. The van der Waals surface area contributed by atoms with Crippen LogP contribution in [-0.4, -0.2) is 0 Å². The van der Waals surface area contributed by atoms with E-state index in [1.165, 1.54) is 30.9 Å². The fourth-order valence-electron chi connectivity index (χ4n) is 5.56. The Bertz CT molecular complexity index is 2100. The van der Waals surface area contributed by atoms with E-state index in [2.05, 4.69) is 120 Å². The van der Waals surface area contributed by atoms with E-state index in [-0.39, 0.29) is 0 Å². The van der Waals surface area contributed by atoms with E-state index in [4.69, 9.17) is 4.42 Å². The lowest BCUT2D eigenvalue weighted by atomic mass is 10.0.